The van der Waals surface area contributed by atoms with Gasteiger partial charge in [0.1, 0.15) is 6.04 Å². The van der Waals surface area contributed by atoms with Gasteiger partial charge in [0.15, 0.2) is 0 Å². The Morgan fingerprint density at radius 3 is 2.47 bits per heavy atom. The van der Waals surface area contributed by atoms with Gasteiger partial charge in [-0.2, -0.15) is 0 Å². The Bertz CT molecular complexity index is 947. The normalized spacial score (nSPS) is 27.6. The molecule has 3 saturated heterocycles. The van der Waals surface area contributed by atoms with Crippen LogP contribution >= 0.6 is 0 Å². The molecule has 3 fully saturated rings. The molecule has 1 aromatic carbocycles. The largest absolute Gasteiger partial charge is 0.314 e. The number of carbonyl (C=O) groups excluding carboxylic acids is 4. The molecule has 4 aliphatic heterocycles. The van der Waals surface area contributed by atoms with Gasteiger partial charge in [0.25, 0.3) is 11.8 Å². The molecule has 0 bridgehead atoms. The second-order valence-corrected chi connectivity index (χ2v) is 9.46. The third kappa shape index (κ3) is 3.86. The van der Waals surface area contributed by atoms with E-state index in [1.807, 2.05) is 12.1 Å². The number of amides is 4. The quantitative estimate of drug-likeness (QED) is 0.691. The highest BCUT2D eigenvalue weighted by atomic mass is 16.2. The summed E-state index contributed by atoms with van der Waals surface area (Å²) in [5, 5.41) is 5.93. The molecule has 0 spiro atoms. The Morgan fingerprint density at radius 2 is 1.75 bits per heavy atom. The van der Waals surface area contributed by atoms with Crippen molar-refractivity contribution < 1.29 is 19.2 Å². The molecule has 170 valence electrons. The number of imide groups is 2. The molecule has 0 saturated carbocycles. The number of rotatable bonds is 4. The fourth-order valence-electron chi connectivity index (χ4n) is 5.75. The number of likely N-dealkylation sites (tertiary alicyclic amines) is 1. The average Bonchev–Trinajstić information content (AvgIpc) is 3.06. The van der Waals surface area contributed by atoms with E-state index >= 15 is 0 Å². The monoisotopic (exact) mass is 438 g/mol. The number of benzene rings is 1. The number of carbonyl (C=O) groups is 4. The predicted octanol–water partition coefficient (Wildman–Crippen LogP) is 1.44. The van der Waals surface area contributed by atoms with Crippen LogP contribution in [0.4, 0.5) is 0 Å². The summed E-state index contributed by atoms with van der Waals surface area (Å²) in [6.45, 7) is 3.70. The van der Waals surface area contributed by atoms with Crippen LogP contribution in [-0.2, 0) is 16.1 Å². The molecule has 0 aliphatic carbocycles. The molecule has 32 heavy (non-hydrogen) atoms. The van der Waals surface area contributed by atoms with Crippen LogP contribution in [0.1, 0.15) is 71.2 Å². The fraction of sp³-hybridized carbons (Fsp3) is 0.583. The van der Waals surface area contributed by atoms with Crippen LogP contribution in [0.25, 0.3) is 0 Å². The average molecular weight is 439 g/mol. The van der Waals surface area contributed by atoms with E-state index in [0.717, 1.165) is 42.9 Å². The predicted molar refractivity (Wildman–Crippen MR) is 117 cm³/mol. The van der Waals surface area contributed by atoms with Crippen LogP contribution in [0.2, 0.25) is 0 Å². The Labute approximate surface area is 187 Å². The molecular weight excluding hydrogens is 408 g/mol. The van der Waals surface area contributed by atoms with E-state index in [0.29, 0.717) is 29.6 Å². The zero-order valence-electron chi connectivity index (χ0n) is 18.3. The maximum Gasteiger partial charge on any atom is 0.262 e. The van der Waals surface area contributed by atoms with Crippen LogP contribution in [0, 0.1) is 5.92 Å². The number of hydrogen-bond acceptors (Lipinski definition) is 6. The molecule has 4 amide bonds. The van der Waals surface area contributed by atoms with Gasteiger partial charge < -0.3 is 5.32 Å². The molecule has 2 atom stereocenters. The van der Waals surface area contributed by atoms with Crippen molar-refractivity contribution >= 4 is 23.6 Å². The molecule has 4 aliphatic rings. The van der Waals surface area contributed by atoms with Crippen molar-refractivity contribution in [1.82, 2.24) is 20.4 Å². The van der Waals surface area contributed by atoms with Gasteiger partial charge in [-0.05, 0) is 69.3 Å². The molecule has 8 nitrogen and oxygen atoms in total. The number of piperidine rings is 3. The number of fused-ring (bicyclic) bond motifs is 1. The Hall–Kier alpha value is -2.58. The molecule has 5 rings (SSSR count). The topological polar surface area (TPSA) is 98.8 Å². The van der Waals surface area contributed by atoms with Gasteiger partial charge in [-0.1, -0.05) is 18.6 Å². The van der Waals surface area contributed by atoms with Crippen LogP contribution in [0.3, 0.4) is 0 Å². The van der Waals surface area contributed by atoms with Crippen LogP contribution in [-0.4, -0.2) is 65.1 Å². The molecule has 8 heteroatoms. The molecule has 0 radical (unpaired) electrons. The highest BCUT2D eigenvalue weighted by Gasteiger charge is 2.45. The first-order valence-corrected chi connectivity index (χ1v) is 11.8. The van der Waals surface area contributed by atoms with Gasteiger partial charge in [-0.15, -0.1) is 0 Å². The molecular formula is C24H30N4O4. The lowest BCUT2D eigenvalue weighted by atomic mass is 9.85. The smallest absolute Gasteiger partial charge is 0.262 e. The summed E-state index contributed by atoms with van der Waals surface area (Å²) in [7, 11) is 0. The minimum absolute atomic E-state index is 0.126. The highest BCUT2D eigenvalue weighted by Crippen LogP contribution is 2.32. The summed E-state index contributed by atoms with van der Waals surface area (Å²) in [5.74, 6) is -1.09. The number of nitrogens with one attached hydrogen (secondary N) is 2. The molecule has 4 heterocycles. The first-order chi connectivity index (χ1) is 15.5. The van der Waals surface area contributed by atoms with Crippen molar-refractivity contribution in [3.05, 3.63) is 34.9 Å². The highest BCUT2D eigenvalue weighted by molar-refractivity contribution is 6.24. The second-order valence-electron chi connectivity index (χ2n) is 9.46. The van der Waals surface area contributed by atoms with Crippen LogP contribution in [0.15, 0.2) is 18.2 Å². The van der Waals surface area contributed by atoms with E-state index in [-0.39, 0.29) is 18.7 Å². The first kappa shape index (κ1) is 21.3. The Balaban J connectivity index is 1.28. The van der Waals surface area contributed by atoms with E-state index in [1.165, 1.54) is 19.3 Å². The standard InChI is InChI=1S/C24H30N4O4/c29-20-8-7-19(22(30)26-20)28-23(31)17-5-3-4-16(21(17)24(28)32)14-27-12-9-15(10-13-27)18-6-1-2-11-25-18/h3-5,15,18-19,25H,1-2,6-14H2,(H,26,29,30). The van der Waals surface area contributed by atoms with Gasteiger partial charge in [0.05, 0.1) is 11.1 Å². The molecule has 1 aromatic rings. The van der Waals surface area contributed by atoms with E-state index in [1.54, 1.807) is 6.07 Å². The van der Waals surface area contributed by atoms with Crippen molar-refractivity contribution in [2.24, 2.45) is 5.92 Å². The fourth-order valence-corrected chi connectivity index (χ4v) is 5.75. The second kappa shape index (κ2) is 8.75. The number of hydrogen-bond donors (Lipinski definition) is 2. The summed E-state index contributed by atoms with van der Waals surface area (Å²) in [6, 6.07) is 5.09. The van der Waals surface area contributed by atoms with E-state index in [2.05, 4.69) is 15.5 Å². The van der Waals surface area contributed by atoms with E-state index in [4.69, 9.17) is 0 Å². The van der Waals surface area contributed by atoms with Crippen molar-refractivity contribution in [2.75, 3.05) is 19.6 Å². The van der Waals surface area contributed by atoms with Crippen molar-refractivity contribution in [1.29, 1.82) is 0 Å². The summed E-state index contributed by atoms with van der Waals surface area (Å²) >= 11 is 0. The van der Waals surface area contributed by atoms with Crippen molar-refractivity contribution in [3.63, 3.8) is 0 Å². The zero-order chi connectivity index (χ0) is 22.2. The minimum Gasteiger partial charge on any atom is -0.314 e. The molecule has 0 aromatic heterocycles. The third-order valence-corrected chi connectivity index (χ3v) is 7.50. The third-order valence-electron chi connectivity index (χ3n) is 7.50. The van der Waals surface area contributed by atoms with E-state index < -0.39 is 23.8 Å². The van der Waals surface area contributed by atoms with Gasteiger partial charge in [-0.3, -0.25) is 34.3 Å². The lowest BCUT2D eigenvalue weighted by Crippen LogP contribution is -2.54. The maximum atomic E-state index is 13.3. The lowest BCUT2D eigenvalue weighted by Gasteiger charge is -2.38. The summed E-state index contributed by atoms with van der Waals surface area (Å²) in [6.07, 6.45) is 6.44. The number of nitrogens with zero attached hydrogens (tertiary/aromatic N) is 2. The summed E-state index contributed by atoms with van der Waals surface area (Å²) < 4.78 is 0. The zero-order valence-corrected chi connectivity index (χ0v) is 18.3. The minimum atomic E-state index is -0.924. The summed E-state index contributed by atoms with van der Waals surface area (Å²) in [4.78, 5) is 53.5. The van der Waals surface area contributed by atoms with Gasteiger partial charge >= 0.3 is 0 Å². The van der Waals surface area contributed by atoms with Gasteiger partial charge in [-0.25, -0.2) is 0 Å². The van der Waals surface area contributed by atoms with Crippen LogP contribution in [0.5, 0.6) is 0 Å². The Morgan fingerprint density at radius 1 is 0.938 bits per heavy atom. The Kier molecular flexibility index (Phi) is 5.82. The van der Waals surface area contributed by atoms with Crippen molar-refractivity contribution in [2.45, 2.75) is 63.6 Å². The van der Waals surface area contributed by atoms with Gasteiger partial charge in [0, 0.05) is 19.0 Å². The molecule has 2 unspecified atom stereocenters. The molecule has 2 N–H and O–H groups in total. The lowest BCUT2D eigenvalue weighted by molar-refractivity contribution is -0.136. The summed E-state index contributed by atoms with van der Waals surface area (Å²) in [5.41, 5.74) is 1.61. The maximum absolute atomic E-state index is 13.3. The van der Waals surface area contributed by atoms with Crippen LogP contribution < -0.4 is 10.6 Å². The van der Waals surface area contributed by atoms with Crippen molar-refractivity contribution in [3.8, 4) is 0 Å². The first-order valence-electron chi connectivity index (χ1n) is 11.8. The van der Waals surface area contributed by atoms with E-state index in [9.17, 15) is 19.2 Å². The SMILES string of the molecule is O=C1CCC(N2C(=O)c3cccc(CN4CCC(C5CCCCN5)CC4)c3C2=O)C(=O)N1. The van der Waals surface area contributed by atoms with Gasteiger partial charge in [0.2, 0.25) is 11.8 Å².